The van der Waals surface area contributed by atoms with Crippen LogP contribution in [0.25, 0.3) is 0 Å². The van der Waals surface area contributed by atoms with Crippen molar-refractivity contribution in [1.29, 1.82) is 0 Å². The summed E-state index contributed by atoms with van der Waals surface area (Å²) >= 11 is 0. The van der Waals surface area contributed by atoms with E-state index in [1.54, 1.807) is 0 Å². The Labute approximate surface area is 106 Å². The quantitative estimate of drug-likeness (QED) is 0.737. The van der Waals surface area contributed by atoms with E-state index < -0.39 is 12.0 Å². The molecule has 0 fully saturated rings. The second-order valence-electron chi connectivity index (χ2n) is 4.35. The van der Waals surface area contributed by atoms with Crippen LogP contribution in [0.4, 0.5) is 5.69 Å². The van der Waals surface area contributed by atoms with E-state index in [1.807, 2.05) is 32.0 Å². The van der Waals surface area contributed by atoms with E-state index in [2.05, 4.69) is 5.32 Å². The van der Waals surface area contributed by atoms with Gasteiger partial charge in [-0.1, -0.05) is 17.7 Å². The molecule has 1 aromatic rings. The topological polar surface area (TPSA) is 92.4 Å². The number of carbonyl (C=O) groups is 2. The summed E-state index contributed by atoms with van der Waals surface area (Å²) in [5, 5.41) is 11.3. The van der Waals surface area contributed by atoms with Crippen LogP contribution < -0.4 is 11.1 Å². The largest absolute Gasteiger partial charge is 0.480 e. The SMILES string of the molecule is Cc1ccc(NC(=O)CC[C@H](N)C(=O)O)c(C)c1. The number of rotatable bonds is 5. The molecule has 0 saturated carbocycles. The van der Waals surface area contributed by atoms with Crippen LogP contribution in [0.5, 0.6) is 0 Å². The molecule has 98 valence electrons. The molecule has 0 saturated heterocycles. The smallest absolute Gasteiger partial charge is 0.320 e. The van der Waals surface area contributed by atoms with Crippen LogP contribution in [-0.4, -0.2) is 23.0 Å². The van der Waals surface area contributed by atoms with Gasteiger partial charge in [0.15, 0.2) is 0 Å². The number of aryl methyl sites for hydroxylation is 2. The fourth-order valence-corrected chi connectivity index (χ4v) is 1.58. The minimum atomic E-state index is -1.09. The molecule has 0 aliphatic rings. The Balaban J connectivity index is 2.52. The zero-order valence-corrected chi connectivity index (χ0v) is 10.6. The molecule has 1 atom stereocenters. The van der Waals surface area contributed by atoms with E-state index in [4.69, 9.17) is 10.8 Å². The highest BCUT2D eigenvalue weighted by Crippen LogP contribution is 2.16. The van der Waals surface area contributed by atoms with Gasteiger partial charge in [-0.2, -0.15) is 0 Å². The first kappa shape index (κ1) is 14.2. The lowest BCUT2D eigenvalue weighted by atomic mass is 10.1. The maximum absolute atomic E-state index is 11.6. The first-order valence-corrected chi connectivity index (χ1v) is 5.75. The van der Waals surface area contributed by atoms with E-state index in [9.17, 15) is 9.59 Å². The highest BCUT2D eigenvalue weighted by molar-refractivity contribution is 5.91. The van der Waals surface area contributed by atoms with Crippen molar-refractivity contribution >= 4 is 17.6 Å². The van der Waals surface area contributed by atoms with Gasteiger partial charge in [-0.05, 0) is 31.9 Å². The Bertz CT molecular complexity index is 458. The summed E-state index contributed by atoms with van der Waals surface area (Å²) in [5.41, 5.74) is 8.17. The molecule has 0 unspecified atom stereocenters. The van der Waals surface area contributed by atoms with Crippen molar-refractivity contribution in [2.24, 2.45) is 5.73 Å². The van der Waals surface area contributed by atoms with Crippen LogP contribution in [0.2, 0.25) is 0 Å². The minimum absolute atomic E-state index is 0.0980. The van der Waals surface area contributed by atoms with Gasteiger partial charge in [0.1, 0.15) is 6.04 Å². The van der Waals surface area contributed by atoms with Gasteiger partial charge in [-0.3, -0.25) is 9.59 Å². The molecule has 5 nitrogen and oxygen atoms in total. The number of carbonyl (C=O) groups excluding carboxylic acids is 1. The summed E-state index contributed by atoms with van der Waals surface area (Å²) in [6.07, 6.45) is 0.229. The molecule has 0 aliphatic heterocycles. The van der Waals surface area contributed by atoms with E-state index in [-0.39, 0.29) is 18.7 Å². The lowest BCUT2D eigenvalue weighted by molar-refractivity contribution is -0.138. The zero-order valence-electron chi connectivity index (χ0n) is 10.6. The van der Waals surface area contributed by atoms with E-state index >= 15 is 0 Å². The van der Waals surface area contributed by atoms with E-state index in [1.165, 1.54) is 0 Å². The number of hydrogen-bond donors (Lipinski definition) is 3. The molecule has 5 heteroatoms. The van der Waals surface area contributed by atoms with Crippen LogP contribution in [0.15, 0.2) is 18.2 Å². The Kier molecular flexibility index (Phi) is 4.85. The number of carboxylic acid groups (broad SMARTS) is 1. The monoisotopic (exact) mass is 250 g/mol. The van der Waals surface area contributed by atoms with Gasteiger partial charge in [0, 0.05) is 12.1 Å². The molecule has 0 spiro atoms. The molecule has 18 heavy (non-hydrogen) atoms. The Hall–Kier alpha value is -1.88. The average molecular weight is 250 g/mol. The first-order valence-electron chi connectivity index (χ1n) is 5.75. The average Bonchev–Trinajstić information content (AvgIpc) is 2.29. The lowest BCUT2D eigenvalue weighted by Crippen LogP contribution is -2.31. The highest BCUT2D eigenvalue weighted by Gasteiger charge is 2.13. The van der Waals surface area contributed by atoms with Crippen molar-refractivity contribution in [3.05, 3.63) is 29.3 Å². The molecule has 0 radical (unpaired) electrons. The predicted molar refractivity (Wildman–Crippen MR) is 69.4 cm³/mol. The Morgan fingerprint density at radius 2 is 2.06 bits per heavy atom. The summed E-state index contributed by atoms with van der Waals surface area (Å²) < 4.78 is 0. The zero-order chi connectivity index (χ0) is 13.7. The van der Waals surface area contributed by atoms with Crippen molar-refractivity contribution < 1.29 is 14.7 Å². The number of anilines is 1. The number of benzene rings is 1. The number of aliphatic carboxylic acids is 1. The third-order valence-corrected chi connectivity index (χ3v) is 2.66. The summed E-state index contributed by atoms with van der Waals surface area (Å²) in [6, 6.07) is 4.72. The summed E-state index contributed by atoms with van der Waals surface area (Å²) in [5.74, 6) is -1.31. The fraction of sp³-hybridized carbons (Fsp3) is 0.385. The summed E-state index contributed by atoms with van der Waals surface area (Å²) in [6.45, 7) is 3.88. The molecular weight excluding hydrogens is 232 g/mol. The summed E-state index contributed by atoms with van der Waals surface area (Å²) in [4.78, 5) is 22.1. The third-order valence-electron chi connectivity index (χ3n) is 2.66. The van der Waals surface area contributed by atoms with Crippen molar-refractivity contribution in [3.8, 4) is 0 Å². The molecule has 1 amide bonds. The van der Waals surface area contributed by atoms with Gasteiger partial charge in [-0.15, -0.1) is 0 Å². The molecule has 1 rings (SSSR count). The Morgan fingerprint density at radius 3 is 2.61 bits per heavy atom. The second-order valence-corrected chi connectivity index (χ2v) is 4.35. The van der Waals surface area contributed by atoms with Crippen molar-refractivity contribution in [2.75, 3.05) is 5.32 Å². The molecular formula is C13H18N2O3. The van der Waals surface area contributed by atoms with Crippen LogP contribution in [0.1, 0.15) is 24.0 Å². The molecule has 0 aliphatic carbocycles. The normalized spacial score (nSPS) is 11.9. The lowest BCUT2D eigenvalue weighted by Gasteiger charge is -2.10. The van der Waals surface area contributed by atoms with Gasteiger partial charge in [0.2, 0.25) is 5.91 Å². The fourth-order valence-electron chi connectivity index (χ4n) is 1.58. The van der Waals surface area contributed by atoms with Gasteiger partial charge < -0.3 is 16.2 Å². The van der Waals surface area contributed by atoms with Crippen LogP contribution >= 0.6 is 0 Å². The van der Waals surface area contributed by atoms with Crippen LogP contribution in [0.3, 0.4) is 0 Å². The van der Waals surface area contributed by atoms with Crippen LogP contribution in [0, 0.1) is 13.8 Å². The predicted octanol–water partition coefficient (Wildman–Crippen LogP) is 1.43. The number of nitrogens with one attached hydrogen (secondary N) is 1. The standard InChI is InChI=1S/C13H18N2O3/c1-8-3-5-11(9(2)7-8)15-12(16)6-4-10(14)13(17)18/h3,5,7,10H,4,6,14H2,1-2H3,(H,15,16)(H,17,18)/t10-/m0/s1. The molecule has 0 heterocycles. The molecule has 0 aromatic heterocycles. The molecule has 4 N–H and O–H groups in total. The molecule has 0 bridgehead atoms. The maximum Gasteiger partial charge on any atom is 0.320 e. The second kappa shape index (κ2) is 6.16. The van der Waals surface area contributed by atoms with Gasteiger partial charge >= 0.3 is 5.97 Å². The van der Waals surface area contributed by atoms with Gasteiger partial charge in [0.25, 0.3) is 0 Å². The van der Waals surface area contributed by atoms with Crippen molar-refractivity contribution in [3.63, 3.8) is 0 Å². The van der Waals surface area contributed by atoms with E-state index in [0.29, 0.717) is 0 Å². The third kappa shape index (κ3) is 4.18. The van der Waals surface area contributed by atoms with Gasteiger partial charge in [-0.25, -0.2) is 0 Å². The minimum Gasteiger partial charge on any atom is -0.480 e. The first-order chi connectivity index (χ1) is 8.40. The maximum atomic E-state index is 11.6. The summed E-state index contributed by atoms with van der Waals surface area (Å²) in [7, 11) is 0. The number of amides is 1. The van der Waals surface area contributed by atoms with Crippen molar-refractivity contribution in [1.82, 2.24) is 0 Å². The van der Waals surface area contributed by atoms with E-state index in [0.717, 1.165) is 16.8 Å². The number of hydrogen-bond acceptors (Lipinski definition) is 3. The highest BCUT2D eigenvalue weighted by atomic mass is 16.4. The number of carboxylic acids is 1. The van der Waals surface area contributed by atoms with Crippen molar-refractivity contribution in [2.45, 2.75) is 32.7 Å². The number of nitrogens with two attached hydrogens (primary N) is 1. The van der Waals surface area contributed by atoms with Crippen LogP contribution in [-0.2, 0) is 9.59 Å². The Morgan fingerprint density at radius 1 is 1.39 bits per heavy atom. The molecule has 1 aromatic carbocycles. The van der Waals surface area contributed by atoms with Gasteiger partial charge in [0.05, 0.1) is 0 Å².